The van der Waals surface area contributed by atoms with Crippen LogP contribution in [-0.2, 0) is 13.5 Å². The minimum atomic E-state index is 0.807. The van der Waals surface area contributed by atoms with E-state index in [1.807, 2.05) is 36.9 Å². The average Bonchev–Trinajstić information content (AvgIpc) is 2.61. The van der Waals surface area contributed by atoms with Crippen molar-refractivity contribution in [1.29, 1.82) is 0 Å². The monoisotopic (exact) mass is 230 g/mol. The lowest BCUT2D eigenvalue weighted by Crippen LogP contribution is -2.05. The number of benzene rings is 1. The Morgan fingerprint density at radius 2 is 2.00 bits per heavy atom. The Bertz CT molecular complexity index is 465. The largest absolute Gasteiger partial charge is 0.399 e. The van der Waals surface area contributed by atoms with Crippen LogP contribution in [0.4, 0.5) is 11.5 Å². The quantitative estimate of drug-likeness (QED) is 0.789. The van der Waals surface area contributed by atoms with E-state index in [4.69, 9.17) is 5.73 Å². The molecular formula is C13H18N4. The molecule has 1 heterocycles. The third-order valence-corrected chi connectivity index (χ3v) is 2.81. The number of nitrogen functional groups attached to an aromatic ring is 1. The van der Waals surface area contributed by atoms with Crippen molar-refractivity contribution < 1.29 is 0 Å². The number of anilines is 2. The molecule has 0 aliphatic rings. The first kappa shape index (κ1) is 11.5. The highest BCUT2D eigenvalue weighted by Crippen LogP contribution is 2.08. The molecule has 0 saturated heterocycles. The van der Waals surface area contributed by atoms with E-state index < -0.39 is 0 Å². The van der Waals surface area contributed by atoms with Gasteiger partial charge in [0.15, 0.2) is 0 Å². The van der Waals surface area contributed by atoms with Crippen molar-refractivity contribution in [2.45, 2.75) is 13.3 Å². The fourth-order valence-electron chi connectivity index (χ4n) is 1.67. The molecule has 0 spiro atoms. The summed E-state index contributed by atoms with van der Waals surface area (Å²) >= 11 is 0. The van der Waals surface area contributed by atoms with Gasteiger partial charge in [0.1, 0.15) is 5.82 Å². The van der Waals surface area contributed by atoms with Crippen LogP contribution >= 0.6 is 0 Å². The predicted octanol–water partition coefficient (Wildman–Crippen LogP) is 1.97. The molecule has 17 heavy (non-hydrogen) atoms. The van der Waals surface area contributed by atoms with Crippen LogP contribution in [0.25, 0.3) is 0 Å². The molecule has 4 heteroatoms. The van der Waals surface area contributed by atoms with Crippen LogP contribution in [0.5, 0.6) is 0 Å². The number of hydrogen-bond acceptors (Lipinski definition) is 3. The zero-order chi connectivity index (χ0) is 12.3. The highest BCUT2D eigenvalue weighted by molar-refractivity contribution is 5.40. The summed E-state index contributed by atoms with van der Waals surface area (Å²) in [5.41, 5.74) is 8.87. The summed E-state index contributed by atoms with van der Waals surface area (Å²) in [6, 6.07) is 10.0. The Hall–Kier alpha value is -1.97. The Balaban J connectivity index is 1.85. The van der Waals surface area contributed by atoms with E-state index in [-0.39, 0.29) is 0 Å². The Morgan fingerprint density at radius 3 is 2.59 bits per heavy atom. The van der Waals surface area contributed by atoms with Gasteiger partial charge in [0.05, 0.1) is 0 Å². The first-order valence-corrected chi connectivity index (χ1v) is 5.74. The molecule has 3 N–H and O–H groups in total. The van der Waals surface area contributed by atoms with Crippen molar-refractivity contribution in [3.8, 4) is 0 Å². The van der Waals surface area contributed by atoms with E-state index >= 15 is 0 Å². The van der Waals surface area contributed by atoms with Crippen LogP contribution in [0.1, 0.15) is 11.3 Å². The summed E-state index contributed by atoms with van der Waals surface area (Å²) in [4.78, 5) is 0. The first-order valence-electron chi connectivity index (χ1n) is 5.74. The van der Waals surface area contributed by atoms with E-state index in [0.717, 1.165) is 30.2 Å². The second kappa shape index (κ2) is 4.91. The van der Waals surface area contributed by atoms with Gasteiger partial charge in [-0.25, -0.2) is 0 Å². The molecule has 0 atom stereocenters. The Labute approximate surface area is 101 Å². The molecule has 2 rings (SSSR count). The summed E-state index contributed by atoms with van der Waals surface area (Å²) < 4.78 is 1.87. The number of nitrogens with zero attached hydrogens (tertiary/aromatic N) is 2. The third-order valence-electron chi connectivity index (χ3n) is 2.81. The summed E-state index contributed by atoms with van der Waals surface area (Å²) in [6.45, 7) is 2.92. The summed E-state index contributed by atoms with van der Waals surface area (Å²) in [5, 5.41) is 7.65. The lowest BCUT2D eigenvalue weighted by Gasteiger charge is -2.03. The van der Waals surface area contributed by atoms with Crippen LogP contribution in [-0.4, -0.2) is 16.3 Å². The molecule has 2 aromatic rings. The van der Waals surface area contributed by atoms with E-state index in [1.54, 1.807) is 0 Å². The second-order valence-corrected chi connectivity index (χ2v) is 4.21. The summed E-state index contributed by atoms with van der Waals surface area (Å²) in [7, 11) is 1.94. The molecule has 90 valence electrons. The number of rotatable bonds is 4. The molecule has 0 saturated carbocycles. The summed E-state index contributed by atoms with van der Waals surface area (Å²) in [6.07, 6.45) is 0.968. The molecule has 1 aromatic heterocycles. The van der Waals surface area contributed by atoms with Crippen LogP contribution in [0.15, 0.2) is 30.3 Å². The van der Waals surface area contributed by atoms with Gasteiger partial charge in [-0.2, -0.15) is 5.10 Å². The van der Waals surface area contributed by atoms with Crippen LogP contribution in [0.3, 0.4) is 0 Å². The first-order chi connectivity index (χ1) is 8.15. The van der Waals surface area contributed by atoms with Gasteiger partial charge in [-0.05, 0) is 31.0 Å². The molecule has 0 fully saturated rings. The van der Waals surface area contributed by atoms with Crippen molar-refractivity contribution in [3.05, 3.63) is 41.6 Å². The van der Waals surface area contributed by atoms with E-state index in [2.05, 4.69) is 22.5 Å². The van der Waals surface area contributed by atoms with Gasteiger partial charge in [0, 0.05) is 31.0 Å². The van der Waals surface area contributed by atoms with Crippen LogP contribution in [0.2, 0.25) is 0 Å². The molecule has 4 nitrogen and oxygen atoms in total. The van der Waals surface area contributed by atoms with Crippen LogP contribution < -0.4 is 11.1 Å². The zero-order valence-electron chi connectivity index (χ0n) is 10.3. The number of hydrogen-bond donors (Lipinski definition) is 2. The van der Waals surface area contributed by atoms with Crippen molar-refractivity contribution in [2.75, 3.05) is 17.6 Å². The molecule has 0 aliphatic heterocycles. The van der Waals surface area contributed by atoms with Gasteiger partial charge in [-0.1, -0.05) is 12.1 Å². The molecule has 0 unspecified atom stereocenters. The maximum absolute atomic E-state index is 5.64. The second-order valence-electron chi connectivity index (χ2n) is 4.21. The molecule has 0 aliphatic carbocycles. The maximum Gasteiger partial charge on any atom is 0.148 e. The Kier molecular flexibility index (Phi) is 3.32. The predicted molar refractivity (Wildman–Crippen MR) is 71.0 cm³/mol. The highest BCUT2D eigenvalue weighted by Gasteiger charge is 1.99. The SMILES string of the molecule is Cc1cc(NCCc2ccc(N)cc2)nn1C. The normalized spacial score (nSPS) is 10.5. The number of aryl methyl sites for hydroxylation is 2. The average molecular weight is 230 g/mol. The van der Waals surface area contributed by atoms with E-state index in [1.165, 1.54) is 5.56 Å². The minimum absolute atomic E-state index is 0.807. The van der Waals surface area contributed by atoms with Gasteiger partial charge in [0.2, 0.25) is 0 Å². The lowest BCUT2D eigenvalue weighted by atomic mass is 10.1. The smallest absolute Gasteiger partial charge is 0.148 e. The van der Waals surface area contributed by atoms with Gasteiger partial charge >= 0.3 is 0 Å². The fraction of sp³-hybridized carbons (Fsp3) is 0.308. The zero-order valence-corrected chi connectivity index (χ0v) is 10.3. The number of nitrogens with two attached hydrogens (primary N) is 1. The molecule has 0 amide bonds. The topological polar surface area (TPSA) is 55.9 Å². The fourth-order valence-corrected chi connectivity index (χ4v) is 1.67. The molecular weight excluding hydrogens is 212 g/mol. The standard InChI is InChI=1S/C13H18N4/c1-10-9-13(16-17(10)2)15-8-7-11-3-5-12(14)6-4-11/h3-6,9H,7-8,14H2,1-2H3,(H,15,16). The lowest BCUT2D eigenvalue weighted by molar-refractivity contribution is 0.740. The van der Waals surface area contributed by atoms with Gasteiger partial charge in [-0.15, -0.1) is 0 Å². The number of aromatic nitrogens is 2. The molecule has 0 radical (unpaired) electrons. The minimum Gasteiger partial charge on any atom is -0.399 e. The van der Waals surface area contributed by atoms with Gasteiger partial charge < -0.3 is 11.1 Å². The van der Waals surface area contributed by atoms with Crippen molar-refractivity contribution >= 4 is 11.5 Å². The van der Waals surface area contributed by atoms with Crippen molar-refractivity contribution in [2.24, 2.45) is 7.05 Å². The van der Waals surface area contributed by atoms with Crippen molar-refractivity contribution in [3.63, 3.8) is 0 Å². The van der Waals surface area contributed by atoms with E-state index in [9.17, 15) is 0 Å². The number of nitrogens with one attached hydrogen (secondary N) is 1. The highest BCUT2D eigenvalue weighted by atomic mass is 15.3. The maximum atomic E-state index is 5.64. The Morgan fingerprint density at radius 1 is 1.29 bits per heavy atom. The molecule has 1 aromatic carbocycles. The third kappa shape index (κ3) is 3.00. The summed E-state index contributed by atoms with van der Waals surface area (Å²) in [5.74, 6) is 0.931. The van der Waals surface area contributed by atoms with Crippen molar-refractivity contribution in [1.82, 2.24) is 9.78 Å². The van der Waals surface area contributed by atoms with Crippen LogP contribution in [0, 0.1) is 6.92 Å². The van der Waals surface area contributed by atoms with Gasteiger partial charge in [0.25, 0.3) is 0 Å². The van der Waals surface area contributed by atoms with Gasteiger partial charge in [-0.3, -0.25) is 4.68 Å². The van der Waals surface area contributed by atoms with E-state index in [0.29, 0.717) is 0 Å². The molecule has 0 bridgehead atoms.